The van der Waals surface area contributed by atoms with E-state index in [9.17, 15) is 4.79 Å². The fraction of sp³-hybridized carbons (Fsp3) is 0.567. The fourth-order valence-corrected chi connectivity index (χ4v) is 4.58. The van der Waals surface area contributed by atoms with Crippen molar-refractivity contribution in [1.82, 2.24) is 0 Å². The highest BCUT2D eigenvalue weighted by Crippen LogP contribution is 2.23. The Morgan fingerprint density at radius 3 is 2.24 bits per heavy atom. The molecule has 4 nitrogen and oxygen atoms in total. The van der Waals surface area contributed by atoms with E-state index in [0.29, 0.717) is 4.48 Å². The smallest absolute Gasteiger partial charge is 0.365 e. The van der Waals surface area contributed by atoms with Crippen molar-refractivity contribution < 1.29 is 18.8 Å². The Labute approximate surface area is 207 Å². The van der Waals surface area contributed by atoms with Crippen LogP contribution in [-0.2, 0) is 22.5 Å². The van der Waals surface area contributed by atoms with Gasteiger partial charge >= 0.3 is 5.97 Å². The molecule has 0 amide bonds. The van der Waals surface area contributed by atoms with Crippen LogP contribution in [0.3, 0.4) is 0 Å². The number of hydrogen-bond donors (Lipinski definition) is 0. The maximum absolute atomic E-state index is 13.0. The number of esters is 1. The molecular weight excluding hydrogens is 422 g/mol. The number of aryl methyl sites for hydroxylation is 1. The van der Waals surface area contributed by atoms with Crippen LogP contribution in [0, 0.1) is 0 Å². The van der Waals surface area contributed by atoms with E-state index >= 15 is 0 Å². The van der Waals surface area contributed by atoms with E-state index in [1.807, 2.05) is 37.3 Å². The summed E-state index contributed by atoms with van der Waals surface area (Å²) in [5, 5.41) is 0. The van der Waals surface area contributed by atoms with Crippen LogP contribution in [-0.4, -0.2) is 43.3 Å². The van der Waals surface area contributed by atoms with Crippen molar-refractivity contribution in [3.63, 3.8) is 0 Å². The monoisotopic (exact) mass is 468 g/mol. The summed E-state index contributed by atoms with van der Waals surface area (Å²) in [4.78, 5) is 13.0. The van der Waals surface area contributed by atoms with Gasteiger partial charge in [-0.15, -0.1) is 0 Å². The van der Waals surface area contributed by atoms with Crippen LogP contribution >= 0.6 is 0 Å². The maximum atomic E-state index is 13.0. The molecule has 2 aromatic carbocycles. The fourth-order valence-electron chi connectivity index (χ4n) is 4.58. The van der Waals surface area contributed by atoms with E-state index in [2.05, 4.69) is 52.2 Å². The molecule has 34 heavy (non-hydrogen) atoms. The Bertz CT molecular complexity index is 834. The normalized spacial score (nSPS) is 13.3. The number of hydrogen-bond acceptors (Lipinski definition) is 3. The molecule has 0 spiro atoms. The lowest BCUT2D eigenvalue weighted by Crippen LogP contribution is -2.52. The van der Waals surface area contributed by atoms with Crippen molar-refractivity contribution in [2.24, 2.45) is 0 Å². The molecule has 0 bridgehead atoms. The van der Waals surface area contributed by atoms with E-state index in [0.717, 1.165) is 25.1 Å². The SMILES string of the molecule is CCCCCCCCc1ccccc1OC(C)COC(=O)C(CC)[N+](C)(C)Cc1ccccc1. The van der Waals surface area contributed by atoms with Crippen molar-refractivity contribution >= 4 is 5.97 Å². The van der Waals surface area contributed by atoms with Crippen molar-refractivity contribution in [2.75, 3.05) is 20.7 Å². The highest BCUT2D eigenvalue weighted by Gasteiger charge is 2.35. The summed E-state index contributed by atoms with van der Waals surface area (Å²) in [5.41, 5.74) is 2.46. The number of likely N-dealkylation sites (N-methyl/N-ethyl adjacent to an activating group) is 1. The van der Waals surface area contributed by atoms with Crippen LogP contribution < -0.4 is 4.74 Å². The molecule has 2 rings (SSSR count). The minimum absolute atomic E-state index is 0.153. The van der Waals surface area contributed by atoms with Crippen LogP contribution in [0.5, 0.6) is 5.75 Å². The summed E-state index contributed by atoms with van der Waals surface area (Å²) >= 11 is 0. The zero-order valence-electron chi connectivity index (χ0n) is 22.1. The molecule has 0 aromatic heterocycles. The molecule has 0 saturated heterocycles. The third-order valence-corrected chi connectivity index (χ3v) is 6.50. The lowest BCUT2D eigenvalue weighted by Gasteiger charge is -2.36. The standard InChI is InChI=1S/C30H46NO3/c1-6-8-9-10-11-15-20-27-21-16-17-22-29(27)34-25(3)24-33-30(32)28(7-2)31(4,5)23-26-18-13-12-14-19-26/h12-14,16-19,21-22,25,28H,6-11,15,20,23-24H2,1-5H3/q+1. The van der Waals surface area contributed by atoms with Crippen molar-refractivity contribution in [2.45, 2.75) is 90.8 Å². The molecule has 0 saturated carbocycles. The third-order valence-electron chi connectivity index (χ3n) is 6.50. The van der Waals surface area contributed by atoms with E-state index < -0.39 is 0 Å². The molecule has 0 heterocycles. The summed E-state index contributed by atoms with van der Waals surface area (Å²) in [5.74, 6) is 0.756. The van der Waals surface area contributed by atoms with Crippen LogP contribution in [0.15, 0.2) is 54.6 Å². The minimum atomic E-state index is -0.215. The second kappa shape index (κ2) is 14.8. The van der Waals surface area contributed by atoms with Gasteiger partial charge in [0.2, 0.25) is 0 Å². The summed E-state index contributed by atoms with van der Waals surface area (Å²) in [7, 11) is 4.20. The number of para-hydroxylation sites is 1. The van der Waals surface area contributed by atoms with E-state index in [1.165, 1.54) is 49.7 Å². The molecule has 0 aliphatic carbocycles. The van der Waals surface area contributed by atoms with Gasteiger partial charge in [0, 0.05) is 12.0 Å². The van der Waals surface area contributed by atoms with Gasteiger partial charge in [0.05, 0.1) is 14.1 Å². The Morgan fingerprint density at radius 1 is 0.882 bits per heavy atom. The number of carbonyl (C=O) groups is 1. The first-order valence-corrected chi connectivity index (χ1v) is 13.1. The van der Waals surface area contributed by atoms with Crippen molar-refractivity contribution in [3.05, 3.63) is 65.7 Å². The molecule has 0 radical (unpaired) electrons. The number of carbonyl (C=O) groups excluding carboxylic acids is 1. The van der Waals surface area contributed by atoms with Gasteiger partial charge in [-0.05, 0) is 31.4 Å². The molecule has 2 atom stereocenters. The Balaban J connectivity index is 1.85. The zero-order chi connectivity index (χ0) is 24.8. The summed E-state index contributed by atoms with van der Waals surface area (Å²) < 4.78 is 12.5. The minimum Gasteiger partial charge on any atom is -0.487 e. The summed E-state index contributed by atoms with van der Waals surface area (Å²) in [6.45, 7) is 7.31. The first kappa shape index (κ1) is 27.9. The quantitative estimate of drug-likeness (QED) is 0.152. The molecule has 0 fully saturated rings. The second-order valence-corrected chi connectivity index (χ2v) is 10.0. The first-order chi connectivity index (χ1) is 16.4. The highest BCUT2D eigenvalue weighted by atomic mass is 16.6. The lowest BCUT2D eigenvalue weighted by molar-refractivity contribution is -0.919. The Morgan fingerprint density at radius 2 is 1.53 bits per heavy atom. The van der Waals surface area contributed by atoms with Gasteiger partial charge in [0.1, 0.15) is 25.0 Å². The topological polar surface area (TPSA) is 35.5 Å². The van der Waals surface area contributed by atoms with Crippen LogP contribution in [0.4, 0.5) is 0 Å². The third kappa shape index (κ3) is 9.50. The number of nitrogens with zero attached hydrogens (tertiary/aromatic N) is 1. The van der Waals surface area contributed by atoms with Gasteiger partial charge in [-0.1, -0.05) is 94.5 Å². The molecular formula is C30H46NO3+. The maximum Gasteiger partial charge on any atom is 0.365 e. The first-order valence-electron chi connectivity index (χ1n) is 13.1. The van der Waals surface area contributed by atoms with Crippen LogP contribution in [0.25, 0.3) is 0 Å². The molecule has 0 aliphatic heterocycles. The lowest BCUT2D eigenvalue weighted by atomic mass is 10.0. The predicted octanol–water partition coefficient (Wildman–Crippen LogP) is 6.96. The van der Waals surface area contributed by atoms with Gasteiger partial charge < -0.3 is 14.0 Å². The number of ether oxygens (including phenoxy) is 2. The van der Waals surface area contributed by atoms with Crippen LogP contribution in [0.1, 0.15) is 76.8 Å². The Hall–Kier alpha value is -2.33. The van der Waals surface area contributed by atoms with E-state index in [-0.39, 0.29) is 24.7 Å². The molecule has 4 heteroatoms. The van der Waals surface area contributed by atoms with Gasteiger partial charge in [0.25, 0.3) is 0 Å². The molecule has 188 valence electrons. The highest BCUT2D eigenvalue weighted by molar-refractivity contribution is 5.74. The number of unbranched alkanes of at least 4 members (excludes halogenated alkanes) is 5. The summed E-state index contributed by atoms with van der Waals surface area (Å²) in [6, 6.07) is 18.4. The van der Waals surface area contributed by atoms with E-state index in [4.69, 9.17) is 9.47 Å². The molecule has 0 N–H and O–H groups in total. The number of benzene rings is 2. The van der Waals surface area contributed by atoms with Crippen molar-refractivity contribution in [1.29, 1.82) is 0 Å². The van der Waals surface area contributed by atoms with Crippen LogP contribution in [0.2, 0.25) is 0 Å². The average molecular weight is 469 g/mol. The second-order valence-electron chi connectivity index (χ2n) is 10.0. The summed E-state index contributed by atoms with van der Waals surface area (Å²) in [6.07, 6.45) is 9.25. The largest absolute Gasteiger partial charge is 0.487 e. The van der Waals surface area contributed by atoms with Crippen molar-refractivity contribution in [3.8, 4) is 5.75 Å². The van der Waals surface area contributed by atoms with Gasteiger partial charge in [-0.25, -0.2) is 4.79 Å². The molecule has 2 aromatic rings. The predicted molar refractivity (Wildman–Crippen MR) is 141 cm³/mol. The number of quaternary nitrogens is 1. The van der Waals surface area contributed by atoms with Gasteiger partial charge in [-0.2, -0.15) is 0 Å². The van der Waals surface area contributed by atoms with Gasteiger partial charge in [0.15, 0.2) is 6.04 Å². The number of rotatable bonds is 16. The molecule has 0 aliphatic rings. The zero-order valence-corrected chi connectivity index (χ0v) is 22.1. The van der Waals surface area contributed by atoms with E-state index in [1.54, 1.807) is 0 Å². The van der Waals surface area contributed by atoms with Gasteiger partial charge in [-0.3, -0.25) is 0 Å². The Kier molecular flexibility index (Phi) is 12.2. The molecule has 2 unspecified atom stereocenters. The average Bonchev–Trinajstić information content (AvgIpc) is 2.81.